The maximum Gasteiger partial charge on any atom is 0.306 e. The van der Waals surface area contributed by atoms with Gasteiger partial charge in [0.05, 0.1) is 25.2 Å². The van der Waals surface area contributed by atoms with Gasteiger partial charge in [-0.15, -0.1) is 0 Å². The lowest BCUT2D eigenvalue weighted by Crippen LogP contribution is -2.46. The second-order valence-electron chi connectivity index (χ2n) is 14.8. The molecule has 0 radical (unpaired) electrons. The van der Waals surface area contributed by atoms with Crippen molar-refractivity contribution in [3.63, 3.8) is 0 Å². The number of allylic oxidation sites excluding steroid dienone is 14. The highest BCUT2D eigenvalue weighted by molar-refractivity contribution is 5.77. The summed E-state index contributed by atoms with van der Waals surface area (Å²) in [6, 6.07) is -0.729. The van der Waals surface area contributed by atoms with E-state index in [1.165, 1.54) is 57.8 Å². The van der Waals surface area contributed by atoms with Gasteiger partial charge in [-0.3, -0.25) is 9.59 Å². The molecule has 0 aromatic carbocycles. The molecule has 6 heteroatoms. The fourth-order valence-corrected chi connectivity index (χ4v) is 6.27. The molecular weight excluding hydrogens is 683 g/mol. The summed E-state index contributed by atoms with van der Waals surface area (Å²) in [6.45, 7) is 6.15. The summed E-state index contributed by atoms with van der Waals surface area (Å²) in [5, 5.41) is 23.6. The quantitative estimate of drug-likeness (QED) is 0.0330. The van der Waals surface area contributed by atoms with Crippen molar-refractivity contribution in [2.45, 2.75) is 206 Å². The minimum Gasteiger partial charge on any atom is -0.462 e. The van der Waals surface area contributed by atoms with Gasteiger partial charge in [-0.2, -0.15) is 0 Å². The summed E-state index contributed by atoms with van der Waals surface area (Å²) >= 11 is 0. The Labute approximate surface area is 338 Å². The molecule has 3 unspecified atom stereocenters. The Morgan fingerprint density at radius 1 is 0.545 bits per heavy atom. The fourth-order valence-electron chi connectivity index (χ4n) is 6.27. The molecular formula is C49H83NO5. The molecule has 0 fully saturated rings. The highest BCUT2D eigenvalue weighted by Gasteiger charge is 2.24. The molecule has 1 amide bonds. The van der Waals surface area contributed by atoms with Crippen LogP contribution in [0.4, 0.5) is 0 Å². The van der Waals surface area contributed by atoms with E-state index >= 15 is 0 Å². The maximum atomic E-state index is 13.1. The van der Waals surface area contributed by atoms with E-state index in [-0.39, 0.29) is 24.9 Å². The van der Waals surface area contributed by atoms with Crippen LogP contribution >= 0.6 is 0 Å². The van der Waals surface area contributed by atoms with Crippen LogP contribution in [0.2, 0.25) is 0 Å². The fraction of sp³-hybridized carbons (Fsp3) is 0.673. The van der Waals surface area contributed by atoms with Crippen LogP contribution < -0.4 is 5.32 Å². The molecule has 0 saturated carbocycles. The normalized spacial score (nSPS) is 14.2. The van der Waals surface area contributed by atoms with E-state index in [9.17, 15) is 19.8 Å². The molecule has 0 heterocycles. The van der Waals surface area contributed by atoms with Crippen LogP contribution in [-0.2, 0) is 14.3 Å². The minimum absolute atomic E-state index is 0.0187. The molecule has 0 aromatic rings. The van der Waals surface area contributed by atoms with E-state index in [1.54, 1.807) is 0 Å². The molecule has 0 aliphatic carbocycles. The summed E-state index contributed by atoms with van der Waals surface area (Å²) < 4.78 is 5.85. The third-order valence-electron chi connectivity index (χ3n) is 9.63. The topological polar surface area (TPSA) is 95.9 Å². The van der Waals surface area contributed by atoms with Crippen molar-refractivity contribution >= 4 is 11.9 Å². The second-order valence-corrected chi connectivity index (χ2v) is 14.8. The molecule has 0 bridgehead atoms. The van der Waals surface area contributed by atoms with Crippen LogP contribution in [-0.4, -0.2) is 46.9 Å². The van der Waals surface area contributed by atoms with Gasteiger partial charge in [0.25, 0.3) is 0 Å². The second kappa shape index (κ2) is 42.2. The van der Waals surface area contributed by atoms with Crippen LogP contribution in [0.25, 0.3) is 0 Å². The number of rotatable bonds is 38. The average molecular weight is 766 g/mol. The molecule has 0 aliphatic rings. The van der Waals surface area contributed by atoms with Crippen molar-refractivity contribution < 1.29 is 24.5 Å². The number of carbonyl (C=O) groups is 2. The molecule has 314 valence electrons. The first-order valence-electron chi connectivity index (χ1n) is 22.4. The lowest BCUT2D eigenvalue weighted by Gasteiger charge is -2.24. The largest absolute Gasteiger partial charge is 0.462 e. The van der Waals surface area contributed by atoms with E-state index < -0.39 is 18.2 Å². The van der Waals surface area contributed by atoms with E-state index in [0.717, 1.165) is 83.5 Å². The Bertz CT molecular complexity index is 1080. The Kier molecular flexibility index (Phi) is 39.9. The zero-order valence-corrected chi connectivity index (χ0v) is 35.5. The molecule has 0 saturated heterocycles. The SMILES string of the molecule is CC/C=C/C=C/C=C\C=C/CCCC(CC(=O)NC(CO)C(O)CCCCCCCCCCCCCC)OC(=O)CCCCCCC\C=C/C=C/C=C/CC. The van der Waals surface area contributed by atoms with E-state index in [0.29, 0.717) is 19.3 Å². The van der Waals surface area contributed by atoms with Gasteiger partial charge in [-0.05, 0) is 57.8 Å². The van der Waals surface area contributed by atoms with Crippen LogP contribution in [0.1, 0.15) is 188 Å². The van der Waals surface area contributed by atoms with Crippen molar-refractivity contribution in [1.82, 2.24) is 5.32 Å². The first-order chi connectivity index (χ1) is 27.0. The number of hydrogen-bond donors (Lipinski definition) is 3. The van der Waals surface area contributed by atoms with Gasteiger partial charge in [0.15, 0.2) is 0 Å². The van der Waals surface area contributed by atoms with Gasteiger partial charge in [0.1, 0.15) is 6.10 Å². The van der Waals surface area contributed by atoms with Crippen LogP contribution in [0.5, 0.6) is 0 Å². The lowest BCUT2D eigenvalue weighted by molar-refractivity contribution is -0.151. The Morgan fingerprint density at radius 2 is 1.00 bits per heavy atom. The van der Waals surface area contributed by atoms with Crippen molar-refractivity contribution in [2.24, 2.45) is 0 Å². The molecule has 3 N–H and O–H groups in total. The molecule has 0 spiro atoms. The van der Waals surface area contributed by atoms with Crippen molar-refractivity contribution in [2.75, 3.05) is 6.61 Å². The highest BCUT2D eigenvalue weighted by Crippen LogP contribution is 2.16. The first-order valence-corrected chi connectivity index (χ1v) is 22.4. The van der Waals surface area contributed by atoms with E-state index in [4.69, 9.17) is 4.74 Å². The number of aliphatic hydroxyl groups excluding tert-OH is 2. The van der Waals surface area contributed by atoms with E-state index in [2.05, 4.69) is 74.7 Å². The first kappa shape index (κ1) is 52.0. The zero-order chi connectivity index (χ0) is 40.3. The number of hydrogen-bond acceptors (Lipinski definition) is 5. The predicted octanol–water partition coefficient (Wildman–Crippen LogP) is 12.8. The molecule has 6 nitrogen and oxygen atoms in total. The van der Waals surface area contributed by atoms with Gasteiger partial charge < -0.3 is 20.3 Å². The smallest absolute Gasteiger partial charge is 0.306 e. The number of esters is 1. The van der Waals surface area contributed by atoms with Crippen molar-refractivity contribution in [1.29, 1.82) is 0 Å². The molecule has 3 atom stereocenters. The minimum atomic E-state index is -0.811. The van der Waals surface area contributed by atoms with Gasteiger partial charge in [-0.25, -0.2) is 0 Å². The standard InChI is InChI=1S/C49H83NO5/c1-4-7-10-13-16-19-22-24-27-30-33-36-39-42-49(54)55-45(40-37-34-31-28-25-21-18-15-12-9-6-3)43-48(53)50-46(44-51)47(52)41-38-35-32-29-26-23-20-17-14-11-8-5-2/h7,9-10,12-13,15-16,18-19,21-22,25,28,31,45-47,51-52H,4-6,8,11,14,17,20,23-24,26-27,29-30,32-44H2,1-3H3,(H,50,53)/b10-7+,12-9+,16-13+,18-15+,22-19-,25-21-,31-28-. The number of aliphatic hydroxyl groups is 2. The zero-order valence-electron chi connectivity index (χ0n) is 35.5. The van der Waals surface area contributed by atoms with Gasteiger partial charge in [0, 0.05) is 6.42 Å². The van der Waals surface area contributed by atoms with Crippen molar-refractivity contribution in [3.05, 3.63) is 85.1 Å². The van der Waals surface area contributed by atoms with E-state index in [1.807, 2.05) is 36.5 Å². The van der Waals surface area contributed by atoms with Crippen LogP contribution in [0, 0.1) is 0 Å². The number of unbranched alkanes of at least 4 members (excludes halogenated alkanes) is 17. The third kappa shape index (κ3) is 37.7. The van der Waals surface area contributed by atoms with Crippen LogP contribution in [0.15, 0.2) is 85.1 Å². The summed E-state index contributed by atoms with van der Waals surface area (Å²) in [5.41, 5.74) is 0. The number of nitrogens with one attached hydrogen (secondary N) is 1. The predicted molar refractivity (Wildman–Crippen MR) is 236 cm³/mol. The summed E-state index contributed by atoms with van der Waals surface area (Å²) in [4.78, 5) is 25.9. The Morgan fingerprint density at radius 3 is 1.53 bits per heavy atom. The third-order valence-corrected chi connectivity index (χ3v) is 9.63. The molecule has 0 aromatic heterocycles. The molecule has 55 heavy (non-hydrogen) atoms. The van der Waals surface area contributed by atoms with Gasteiger partial charge in [-0.1, -0.05) is 202 Å². The Balaban J connectivity index is 4.71. The summed E-state index contributed by atoms with van der Waals surface area (Å²) in [7, 11) is 0. The number of carbonyl (C=O) groups excluding carboxylic acids is 2. The lowest BCUT2D eigenvalue weighted by atomic mass is 10.0. The highest BCUT2D eigenvalue weighted by atomic mass is 16.5. The van der Waals surface area contributed by atoms with Gasteiger partial charge >= 0.3 is 5.97 Å². The number of ether oxygens (including phenoxy) is 1. The van der Waals surface area contributed by atoms with Crippen LogP contribution in [0.3, 0.4) is 0 Å². The molecule has 0 rings (SSSR count). The van der Waals surface area contributed by atoms with Gasteiger partial charge in [0.2, 0.25) is 5.91 Å². The Hall–Kier alpha value is -2.96. The molecule has 0 aliphatic heterocycles. The monoisotopic (exact) mass is 766 g/mol. The van der Waals surface area contributed by atoms with Crippen molar-refractivity contribution in [3.8, 4) is 0 Å². The average Bonchev–Trinajstić information content (AvgIpc) is 3.18. The summed E-state index contributed by atoms with van der Waals surface area (Å²) in [6.07, 6.45) is 53.6. The maximum absolute atomic E-state index is 13.1. The number of amides is 1. The summed E-state index contributed by atoms with van der Waals surface area (Å²) in [5.74, 6) is -0.576.